The molecule has 1 fully saturated rings. The molecule has 0 bridgehead atoms. The van der Waals surface area contributed by atoms with Crippen LogP contribution in [0.3, 0.4) is 0 Å². The number of fused-ring (bicyclic) bond motifs is 1. The number of benzene rings is 2. The Morgan fingerprint density at radius 3 is 2.47 bits per heavy atom. The number of para-hydroxylation sites is 1. The highest BCUT2D eigenvalue weighted by atomic mass is 32.2. The van der Waals surface area contributed by atoms with Crippen LogP contribution >= 0.6 is 11.8 Å². The molecular weight excluding hydrogens is 399 g/mol. The quantitative estimate of drug-likeness (QED) is 0.486. The van der Waals surface area contributed by atoms with Gasteiger partial charge in [-0.15, -0.1) is 0 Å². The number of hydrogen-bond acceptors (Lipinski definition) is 3. The van der Waals surface area contributed by atoms with Crippen molar-refractivity contribution in [1.82, 2.24) is 9.47 Å². The third-order valence-electron chi connectivity index (χ3n) is 5.32. The summed E-state index contributed by atoms with van der Waals surface area (Å²) in [7, 11) is 0. The van der Waals surface area contributed by atoms with E-state index in [2.05, 4.69) is 13.0 Å². The van der Waals surface area contributed by atoms with Crippen molar-refractivity contribution in [2.24, 2.45) is 0 Å². The molecule has 1 saturated heterocycles. The molecule has 0 N–H and O–H groups in total. The lowest BCUT2D eigenvalue weighted by atomic mass is 10.1. The van der Waals surface area contributed by atoms with Crippen LogP contribution in [-0.2, 0) is 17.8 Å². The second-order valence-electron chi connectivity index (χ2n) is 7.62. The van der Waals surface area contributed by atoms with Gasteiger partial charge in [0.05, 0.1) is 17.0 Å². The molecule has 0 spiro atoms. The predicted octanol–water partition coefficient (Wildman–Crippen LogP) is 5.84. The lowest BCUT2D eigenvalue weighted by molar-refractivity contribution is -0.123. The van der Waals surface area contributed by atoms with Gasteiger partial charge in [-0.05, 0) is 49.7 Å². The Morgan fingerprint density at radius 1 is 1.07 bits per heavy atom. The zero-order chi connectivity index (χ0) is 21.4. The maximum absolute atomic E-state index is 14.3. The molecule has 0 saturated carbocycles. The Hall–Kier alpha value is -2.86. The molecule has 4 nitrogen and oxygen atoms in total. The molecule has 0 atom stereocenters. The Balaban J connectivity index is 1.83. The number of carbonyl (C=O) groups excluding carboxylic acids is 2. The van der Waals surface area contributed by atoms with Gasteiger partial charge in [-0.1, -0.05) is 43.3 Å². The normalized spacial score (nSPS) is 15.9. The van der Waals surface area contributed by atoms with E-state index in [1.807, 2.05) is 42.8 Å². The lowest BCUT2D eigenvalue weighted by Gasteiger charge is -2.16. The first-order valence-corrected chi connectivity index (χ1v) is 10.8. The Morgan fingerprint density at radius 2 is 1.80 bits per heavy atom. The summed E-state index contributed by atoms with van der Waals surface area (Å²) in [5.74, 6) is -0.505. The van der Waals surface area contributed by atoms with Crippen molar-refractivity contribution < 1.29 is 14.0 Å². The highest BCUT2D eigenvalue weighted by Gasteiger charge is 2.36. The van der Waals surface area contributed by atoms with Gasteiger partial charge in [0.25, 0.3) is 11.1 Å². The van der Waals surface area contributed by atoms with Crippen LogP contribution in [0.5, 0.6) is 0 Å². The molecular formula is C24H23FN2O2S. The summed E-state index contributed by atoms with van der Waals surface area (Å²) < 4.78 is 16.3. The molecule has 154 valence electrons. The third-order valence-corrected chi connectivity index (χ3v) is 6.20. The number of hydrogen-bond donors (Lipinski definition) is 0. The number of carbonyl (C=O) groups is 2. The number of halogens is 1. The summed E-state index contributed by atoms with van der Waals surface area (Å²) in [5, 5.41) is 0.743. The molecule has 0 unspecified atom stereocenters. The monoisotopic (exact) mass is 422 g/mol. The van der Waals surface area contributed by atoms with Crippen LogP contribution in [0.15, 0.2) is 53.6 Å². The van der Waals surface area contributed by atoms with Gasteiger partial charge < -0.3 is 4.57 Å². The fourth-order valence-electron chi connectivity index (χ4n) is 3.87. The first-order valence-electron chi connectivity index (χ1n) is 10.0. The fourth-order valence-corrected chi connectivity index (χ4v) is 4.82. The van der Waals surface area contributed by atoms with E-state index in [9.17, 15) is 14.0 Å². The molecule has 0 aliphatic carbocycles. The van der Waals surface area contributed by atoms with Crippen molar-refractivity contribution in [2.45, 2.75) is 39.8 Å². The topological polar surface area (TPSA) is 42.3 Å². The smallest absolute Gasteiger partial charge is 0.293 e. The molecule has 0 radical (unpaired) electrons. The van der Waals surface area contributed by atoms with E-state index >= 15 is 0 Å². The average Bonchev–Trinajstić information content (AvgIpc) is 3.20. The SMILES string of the molecule is CCc1cccc2c(/C=C3\SC(=O)N(C(C)C)C3=O)cn(Cc3ccccc3F)c12. The third kappa shape index (κ3) is 3.56. The Bertz CT molecular complexity index is 1180. The predicted molar refractivity (Wildman–Crippen MR) is 120 cm³/mol. The molecule has 2 aromatic carbocycles. The van der Waals surface area contributed by atoms with Crippen molar-refractivity contribution in [3.8, 4) is 0 Å². The van der Waals surface area contributed by atoms with Gasteiger partial charge in [-0.25, -0.2) is 4.39 Å². The first kappa shape index (κ1) is 20.4. The summed E-state index contributed by atoms with van der Waals surface area (Å²) in [6.07, 6.45) is 4.56. The van der Waals surface area contributed by atoms with E-state index in [0.717, 1.165) is 40.2 Å². The number of amides is 2. The maximum Gasteiger partial charge on any atom is 0.293 e. The number of thioether (sulfide) groups is 1. The van der Waals surface area contributed by atoms with E-state index < -0.39 is 0 Å². The van der Waals surface area contributed by atoms with Gasteiger partial charge in [0.2, 0.25) is 0 Å². The summed E-state index contributed by atoms with van der Waals surface area (Å²) in [6, 6.07) is 12.6. The molecule has 2 heterocycles. The largest absolute Gasteiger partial charge is 0.342 e. The highest BCUT2D eigenvalue weighted by molar-refractivity contribution is 8.18. The van der Waals surface area contributed by atoms with Crippen LogP contribution in [0.25, 0.3) is 17.0 Å². The van der Waals surface area contributed by atoms with Gasteiger partial charge >= 0.3 is 0 Å². The summed E-state index contributed by atoms with van der Waals surface area (Å²) in [5.41, 5.74) is 3.63. The molecule has 30 heavy (non-hydrogen) atoms. The van der Waals surface area contributed by atoms with Crippen molar-refractivity contribution in [3.63, 3.8) is 0 Å². The average molecular weight is 423 g/mol. The summed E-state index contributed by atoms with van der Waals surface area (Å²) >= 11 is 0.968. The van der Waals surface area contributed by atoms with Crippen molar-refractivity contribution >= 4 is 39.9 Å². The first-order chi connectivity index (χ1) is 14.4. The molecule has 1 aliphatic rings. The van der Waals surface area contributed by atoms with Crippen LogP contribution < -0.4 is 0 Å². The number of aromatic nitrogens is 1. The van der Waals surface area contributed by atoms with Gasteiger partial charge in [0.15, 0.2) is 0 Å². The maximum atomic E-state index is 14.3. The number of rotatable bonds is 5. The number of aryl methyl sites for hydroxylation is 1. The Kier molecular flexibility index (Phi) is 5.52. The minimum absolute atomic E-state index is 0.183. The van der Waals surface area contributed by atoms with E-state index in [1.54, 1.807) is 18.2 Å². The molecule has 1 aliphatic heterocycles. The second kappa shape index (κ2) is 8.11. The number of nitrogens with zero attached hydrogens (tertiary/aromatic N) is 2. The number of imide groups is 1. The van der Waals surface area contributed by atoms with E-state index in [1.165, 1.54) is 11.0 Å². The van der Waals surface area contributed by atoms with Gasteiger partial charge in [0.1, 0.15) is 5.82 Å². The zero-order valence-electron chi connectivity index (χ0n) is 17.2. The molecule has 2 amide bonds. The van der Waals surface area contributed by atoms with Crippen LogP contribution in [0, 0.1) is 5.82 Å². The minimum Gasteiger partial charge on any atom is -0.342 e. The highest BCUT2D eigenvalue weighted by Crippen LogP contribution is 2.36. The van der Waals surface area contributed by atoms with Gasteiger partial charge in [-0.3, -0.25) is 14.5 Å². The zero-order valence-corrected chi connectivity index (χ0v) is 18.0. The fraction of sp³-hybridized carbons (Fsp3) is 0.250. The van der Waals surface area contributed by atoms with Crippen molar-refractivity contribution in [2.75, 3.05) is 0 Å². The van der Waals surface area contributed by atoms with Gasteiger partial charge in [0, 0.05) is 28.8 Å². The molecule has 1 aromatic heterocycles. The van der Waals surface area contributed by atoms with E-state index in [4.69, 9.17) is 0 Å². The van der Waals surface area contributed by atoms with E-state index in [-0.39, 0.29) is 23.0 Å². The van der Waals surface area contributed by atoms with Crippen LogP contribution in [0.1, 0.15) is 37.5 Å². The second-order valence-corrected chi connectivity index (χ2v) is 8.61. The Labute approximate surface area is 179 Å². The molecule has 4 rings (SSSR count). The summed E-state index contributed by atoms with van der Waals surface area (Å²) in [6.45, 7) is 6.13. The molecule has 3 aromatic rings. The van der Waals surface area contributed by atoms with Crippen molar-refractivity contribution in [3.05, 3.63) is 76.1 Å². The minimum atomic E-state index is -0.262. The summed E-state index contributed by atoms with van der Waals surface area (Å²) in [4.78, 5) is 26.7. The molecule has 6 heteroatoms. The van der Waals surface area contributed by atoms with Crippen LogP contribution in [-0.4, -0.2) is 26.7 Å². The van der Waals surface area contributed by atoms with Crippen LogP contribution in [0.4, 0.5) is 9.18 Å². The lowest BCUT2D eigenvalue weighted by Crippen LogP contribution is -2.34. The van der Waals surface area contributed by atoms with Crippen molar-refractivity contribution in [1.29, 1.82) is 0 Å². The standard InChI is InChI=1S/C24H23FN2O2S/c1-4-16-9-7-10-19-18(12-21-23(28)27(15(2)3)24(29)30-21)14-26(22(16)19)13-17-8-5-6-11-20(17)25/h5-12,14-15H,4,13H2,1-3H3/b21-12-. The van der Waals surface area contributed by atoms with Gasteiger partial charge in [-0.2, -0.15) is 0 Å². The van der Waals surface area contributed by atoms with E-state index in [0.29, 0.717) is 17.0 Å². The van der Waals surface area contributed by atoms with Crippen LogP contribution in [0.2, 0.25) is 0 Å².